The molecule has 3 aromatic heterocycles. The Morgan fingerprint density at radius 3 is 2.61 bits per heavy atom. The van der Waals surface area contributed by atoms with Crippen LogP contribution < -0.4 is 11.2 Å². The third-order valence-electron chi connectivity index (χ3n) is 4.18. The molecule has 9 nitrogen and oxygen atoms in total. The summed E-state index contributed by atoms with van der Waals surface area (Å²) in [6, 6.07) is 3.36. The summed E-state index contributed by atoms with van der Waals surface area (Å²) in [4.78, 5) is 46.2. The number of furan rings is 1. The van der Waals surface area contributed by atoms with Gasteiger partial charge in [-0.3, -0.25) is 18.7 Å². The summed E-state index contributed by atoms with van der Waals surface area (Å²) in [5, 5.41) is -0.0791. The van der Waals surface area contributed by atoms with Gasteiger partial charge in [-0.15, -0.1) is 0 Å². The fourth-order valence-corrected chi connectivity index (χ4v) is 3.73. The minimum absolute atomic E-state index is 0.174. The highest BCUT2D eigenvalue weighted by atomic mass is 32.2. The van der Waals surface area contributed by atoms with Crippen LogP contribution in [0.5, 0.6) is 0 Å². The molecule has 0 spiro atoms. The van der Waals surface area contributed by atoms with E-state index in [0.29, 0.717) is 17.2 Å². The van der Waals surface area contributed by atoms with E-state index >= 15 is 0 Å². The fraction of sp³-hybridized carbons (Fsp3) is 0.389. The minimum atomic E-state index is -0.551. The molecule has 0 amide bonds. The number of hydrogen-bond donors (Lipinski definition) is 0. The molecule has 0 N–H and O–H groups in total. The first-order valence-corrected chi connectivity index (χ1v) is 9.61. The molecule has 0 radical (unpaired) electrons. The first kappa shape index (κ1) is 19.9. The molecule has 0 aromatic carbocycles. The van der Waals surface area contributed by atoms with Crippen molar-refractivity contribution in [3.05, 3.63) is 39.2 Å². The quantitative estimate of drug-likeness (QED) is 0.347. The van der Waals surface area contributed by atoms with Gasteiger partial charge in [0, 0.05) is 14.1 Å². The van der Waals surface area contributed by atoms with Gasteiger partial charge >= 0.3 is 11.7 Å². The standard InChI is InChI=1S/C18H20N4O5S/c1-5-11(17(24)26-6-2)28-15-12-14(21(3)18(25)22(4)16(12)23)19-13(20-15)10-8-7-9-27-10/h7-9,11H,5-6H2,1-4H3/t11-/m1/s1. The number of nitrogens with zero attached hydrogens (tertiary/aromatic N) is 4. The van der Waals surface area contributed by atoms with Crippen LogP contribution >= 0.6 is 11.8 Å². The van der Waals surface area contributed by atoms with Crippen molar-refractivity contribution in [1.29, 1.82) is 0 Å². The number of aromatic nitrogens is 4. The molecule has 3 aromatic rings. The van der Waals surface area contributed by atoms with E-state index in [1.54, 1.807) is 19.1 Å². The molecule has 28 heavy (non-hydrogen) atoms. The first-order chi connectivity index (χ1) is 13.4. The number of aryl methyl sites for hydroxylation is 1. The zero-order valence-corrected chi connectivity index (χ0v) is 16.8. The topological polar surface area (TPSA) is 109 Å². The van der Waals surface area contributed by atoms with E-state index in [1.165, 1.54) is 24.9 Å². The SMILES string of the molecule is CCOC(=O)[C@@H](CC)Sc1nc(-c2ccco2)nc2c1c(=O)n(C)c(=O)n2C. The van der Waals surface area contributed by atoms with E-state index in [2.05, 4.69) is 9.97 Å². The second kappa shape index (κ2) is 8.01. The molecular formula is C18H20N4O5S. The van der Waals surface area contributed by atoms with Gasteiger partial charge in [-0.1, -0.05) is 18.7 Å². The lowest BCUT2D eigenvalue weighted by Gasteiger charge is -2.15. The first-order valence-electron chi connectivity index (χ1n) is 8.73. The van der Waals surface area contributed by atoms with Crippen molar-refractivity contribution in [3.63, 3.8) is 0 Å². The molecule has 0 unspecified atom stereocenters. The van der Waals surface area contributed by atoms with Gasteiger partial charge in [0.25, 0.3) is 5.56 Å². The largest absolute Gasteiger partial charge is 0.465 e. The summed E-state index contributed by atoms with van der Waals surface area (Å²) in [6.45, 7) is 3.84. The number of fused-ring (bicyclic) bond motifs is 1. The number of carbonyl (C=O) groups is 1. The molecule has 1 atom stereocenters. The Morgan fingerprint density at radius 1 is 1.25 bits per heavy atom. The van der Waals surface area contributed by atoms with Crippen LogP contribution in [0, 0.1) is 0 Å². The normalized spacial score (nSPS) is 12.3. The summed E-state index contributed by atoms with van der Waals surface area (Å²) in [6.07, 6.45) is 1.96. The second-order valence-electron chi connectivity index (χ2n) is 6.00. The van der Waals surface area contributed by atoms with Crippen LogP contribution in [-0.4, -0.2) is 36.9 Å². The number of esters is 1. The van der Waals surface area contributed by atoms with E-state index in [9.17, 15) is 14.4 Å². The molecule has 0 saturated carbocycles. The van der Waals surface area contributed by atoms with Crippen LogP contribution in [0.1, 0.15) is 20.3 Å². The number of ether oxygens (including phenoxy) is 1. The van der Waals surface area contributed by atoms with E-state index in [0.717, 1.165) is 16.3 Å². The smallest absolute Gasteiger partial charge is 0.332 e. The lowest BCUT2D eigenvalue weighted by Crippen LogP contribution is -2.38. The van der Waals surface area contributed by atoms with Crippen LogP contribution in [0.2, 0.25) is 0 Å². The Balaban J connectivity index is 2.28. The van der Waals surface area contributed by atoms with Gasteiger partial charge in [0.15, 0.2) is 17.2 Å². The zero-order chi connectivity index (χ0) is 20.4. The predicted molar refractivity (Wildman–Crippen MR) is 104 cm³/mol. The minimum Gasteiger partial charge on any atom is -0.465 e. The highest BCUT2D eigenvalue weighted by molar-refractivity contribution is 8.00. The van der Waals surface area contributed by atoms with E-state index in [1.807, 2.05) is 6.92 Å². The van der Waals surface area contributed by atoms with Gasteiger partial charge in [0.05, 0.1) is 12.9 Å². The van der Waals surface area contributed by atoms with Crippen molar-refractivity contribution in [2.45, 2.75) is 30.5 Å². The highest BCUT2D eigenvalue weighted by Crippen LogP contribution is 2.30. The molecule has 3 rings (SSSR count). The van der Waals surface area contributed by atoms with Crippen LogP contribution in [0.25, 0.3) is 22.6 Å². The van der Waals surface area contributed by atoms with Gasteiger partial charge in [-0.2, -0.15) is 0 Å². The second-order valence-corrected chi connectivity index (χ2v) is 7.19. The molecule has 0 aliphatic carbocycles. The maximum absolute atomic E-state index is 12.8. The van der Waals surface area contributed by atoms with Crippen molar-refractivity contribution < 1.29 is 13.9 Å². The van der Waals surface area contributed by atoms with Gasteiger partial charge in [-0.05, 0) is 25.5 Å². The highest BCUT2D eigenvalue weighted by Gasteiger charge is 2.25. The lowest BCUT2D eigenvalue weighted by molar-refractivity contribution is -0.142. The van der Waals surface area contributed by atoms with Crippen molar-refractivity contribution in [1.82, 2.24) is 19.1 Å². The van der Waals surface area contributed by atoms with Gasteiger partial charge in [0.1, 0.15) is 15.7 Å². The Hall–Kier alpha value is -2.88. The monoisotopic (exact) mass is 404 g/mol. The summed E-state index contributed by atoms with van der Waals surface area (Å²) >= 11 is 1.12. The molecule has 0 bridgehead atoms. The Labute approximate surface area is 164 Å². The number of rotatable bonds is 6. The van der Waals surface area contributed by atoms with Crippen molar-refractivity contribution in [3.8, 4) is 11.6 Å². The summed E-state index contributed by atoms with van der Waals surface area (Å²) in [7, 11) is 2.92. The molecule has 0 saturated heterocycles. The van der Waals surface area contributed by atoms with Crippen LogP contribution in [0.3, 0.4) is 0 Å². The van der Waals surface area contributed by atoms with Crippen LogP contribution in [-0.2, 0) is 23.6 Å². The molecule has 0 fully saturated rings. The average Bonchev–Trinajstić information content (AvgIpc) is 3.23. The third-order valence-corrected chi connectivity index (χ3v) is 5.51. The van der Waals surface area contributed by atoms with Gasteiger partial charge < -0.3 is 9.15 Å². The Kier molecular flexibility index (Phi) is 5.68. The number of thioether (sulfide) groups is 1. The summed E-state index contributed by atoms with van der Waals surface area (Å²) in [5.41, 5.74) is -0.851. The molecular weight excluding hydrogens is 384 g/mol. The van der Waals surface area contributed by atoms with Crippen LogP contribution in [0.15, 0.2) is 37.4 Å². The van der Waals surface area contributed by atoms with Crippen LogP contribution in [0.4, 0.5) is 0 Å². The maximum Gasteiger partial charge on any atom is 0.332 e. The molecule has 10 heteroatoms. The maximum atomic E-state index is 12.8. The fourth-order valence-electron chi connectivity index (χ4n) is 2.70. The Morgan fingerprint density at radius 2 is 2.00 bits per heavy atom. The molecule has 0 aliphatic heterocycles. The summed E-state index contributed by atoms with van der Waals surface area (Å²) in [5.74, 6) is 0.228. The predicted octanol–water partition coefficient (Wildman–Crippen LogP) is 1.72. The molecule has 0 aliphatic rings. The van der Waals surface area contributed by atoms with Crippen molar-refractivity contribution in [2.75, 3.05) is 6.61 Å². The van der Waals surface area contributed by atoms with E-state index < -0.39 is 16.5 Å². The van der Waals surface area contributed by atoms with E-state index in [4.69, 9.17) is 9.15 Å². The number of carbonyl (C=O) groups excluding carboxylic acids is 1. The average molecular weight is 404 g/mol. The van der Waals surface area contributed by atoms with Gasteiger partial charge in [-0.25, -0.2) is 14.8 Å². The lowest BCUT2D eigenvalue weighted by atomic mass is 10.3. The summed E-state index contributed by atoms with van der Waals surface area (Å²) < 4.78 is 12.8. The van der Waals surface area contributed by atoms with Crippen molar-refractivity contribution in [2.24, 2.45) is 14.1 Å². The third kappa shape index (κ3) is 3.47. The Bertz CT molecular complexity index is 1130. The van der Waals surface area contributed by atoms with E-state index in [-0.39, 0.29) is 29.4 Å². The zero-order valence-electron chi connectivity index (χ0n) is 16.0. The number of hydrogen-bond acceptors (Lipinski definition) is 8. The molecule has 3 heterocycles. The van der Waals surface area contributed by atoms with Crippen molar-refractivity contribution >= 4 is 28.8 Å². The van der Waals surface area contributed by atoms with Gasteiger partial charge in [0.2, 0.25) is 0 Å². The molecule has 148 valence electrons.